The molecule has 0 amide bonds. The van der Waals surface area contributed by atoms with Gasteiger partial charge in [0, 0.05) is 50.0 Å². The third kappa shape index (κ3) is 3.82. The number of non-ortho nitro benzene ring substituents is 1. The van der Waals surface area contributed by atoms with E-state index >= 15 is 0 Å². The Kier molecular flexibility index (Phi) is 5.13. The van der Waals surface area contributed by atoms with Crippen LogP contribution in [-0.4, -0.2) is 55.3 Å². The van der Waals surface area contributed by atoms with E-state index in [1.807, 2.05) is 12.1 Å². The molecule has 1 unspecified atom stereocenters. The Hall–Kier alpha value is -1.66. The predicted molar refractivity (Wildman–Crippen MR) is 89.9 cm³/mol. The third-order valence-electron chi connectivity index (χ3n) is 5.27. The minimum absolute atomic E-state index is 0.157. The monoisotopic (exact) mass is 319 g/mol. The molecule has 0 saturated carbocycles. The van der Waals surface area contributed by atoms with Crippen LogP contribution in [0.1, 0.15) is 19.8 Å². The average Bonchev–Trinajstić information content (AvgIpc) is 2.62. The number of nitro groups is 1. The number of benzene rings is 1. The molecular formula is C17H25N3O3. The van der Waals surface area contributed by atoms with E-state index < -0.39 is 0 Å². The maximum atomic E-state index is 10.7. The third-order valence-corrected chi connectivity index (χ3v) is 5.27. The molecule has 2 fully saturated rings. The smallest absolute Gasteiger partial charge is 0.269 e. The van der Waals surface area contributed by atoms with Gasteiger partial charge in [0.2, 0.25) is 0 Å². The molecule has 2 aliphatic rings. The van der Waals surface area contributed by atoms with Crippen LogP contribution in [0.15, 0.2) is 24.3 Å². The van der Waals surface area contributed by atoms with Gasteiger partial charge in [-0.15, -0.1) is 0 Å². The van der Waals surface area contributed by atoms with E-state index in [1.54, 1.807) is 12.1 Å². The minimum Gasteiger partial charge on any atom is -0.379 e. The first-order valence-electron chi connectivity index (χ1n) is 8.46. The summed E-state index contributed by atoms with van der Waals surface area (Å²) in [5.74, 6) is 0.724. The molecule has 1 atom stereocenters. The Morgan fingerprint density at radius 2 is 1.74 bits per heavy atom. The van der Waals surface area contributed by atoms with Gasteiger partial charge in [0.15, 0.2) is 0 Å². The number of rotatable bonds is 4. The Morgan fingerprint density at radius 1 is 1.13 bits per heavy atom. The minimum atomic E-state index is -0.347. The van der Waals surface area contributed by atoms with Crippen LogP contribution >= 0.6 is 0 Å². The zero-order valence-corrected chi connectivity index (χ0v) is 13.7. The number of nitro benzene ring substituents is 1. The second-order valence-electron chi connectivity index (χ2n) is 6.49. The van der Waals surface area contributed by atoms with Crippen molar-refractivity contribution in [1.82, 2.24) is 4.90 Å². The zero-order chi connectivity index (χ0) is 16.2. The first-order valence-corrected chi connectivity index (χ1v) is 8.46. The van der Waals surface area contributed by atoms with Gasteiger partial charge in [-0.05, 0) is 37.8 Å². The molecule has 1 aromatic rings. The number of hydrogen-bond donors (Lipinski definition) is 0. The van der Waals surface area contributed by atoms with Gasteiger partial charge >= 0.3 is 0 Å². The van der Waals surface area contributed by atoms with E-state index in [-0.39, 0.29) is 10.6 Å². The molecular weight excluding hydrogens is 294 g/mol. The highest BCUT2D eigenvalue weighted by Gasteiger charge is 2.28. The first-order chi connectivity index (χ1) is 11.1. The summed E-state index contributed by atoms with van der Waals surface area (Å²) >= 11 is 0. The van der Waals surface area contributed by atoms with Crippen molar-refractivity contribution in [1.29, 1.82) is 0 Å². The molecule has 2 heterocycles. The van der Waals surface area contributed by atoms with E-state index in [0.717, 1.165) is 51.0 Å². The summed E-state index contributed by atoms with van der Waals surface area (Å²) < 4.78 is 5.44. The number of ether oxygens (including phenoxy) is 1. The maximum absolute atomic E-state index is 10.7. The maximum Gasteiger partial charge on any atom is 0.269 e. The van der Waals surface area contributed by atoms with E-state index in [9.17, 15) is 10.1 Å². The summed E-state index contributed by atoms with van der Waals surface area (Å²) in [6.07, 6.45) is 2.35. The van der Waals surface area contributed by atoms with Crippen LogP contribution in [0.3, 0.4) is 0 Å². The van der Waals surface area contributed by atoms with Gasteiger partial charge in [0.25, 0.3) is 5.69 Å². The van der Waals surface area contributed by atoms with Crippen LogP contribution in [0.4, 0.5) is 11.4 Å². The molecule has 23 heavy (non-hydrogen) atoms. The Morgan fingerprint density at radius 3 is 2.30 bits per heavy atom. The van der Waals surface area contributed by atoms with Crippen molar-refractivity contribution in [3.63, 3.8) is 0 Å². The van der Waals surface area contributed by atoms with E-state index in [1.165, 1.54) is 12.8 Å². The van der Waals surface area contributed by atoms with Gasteiger partial charge in [-0.3, -0.25) is 15.0 Å². The number of hydrogen-bond acceptors (Lipinski definition) is 5. The SMILES string of the molecule is CC(C1CCN(c2ccc([N+](=O)[O-])cc2)CC1)N1CCOCC1. The van der Waals surface area contributed by atoms with Crippen LogP contribution in [0.2, 0.25) is 0 Å². The molecule has 6 nitrogen and oxygen atoms in total. The fraction of sp³-hybridized carbons (Fsp3) is 0.647. The van der Waals surface area contributed by atoms with Gasteiger partial charge in [-0.2, -0.15) is 0 Å². The van der Waals surface area contributed by atoms with Crippen molar-refractivity contribution in [2.75, 3.05) is 44.3 Å². The van der Waals surface area contributed by atoms with Gasteiger partial charge in [0.1, 0.15) is 0 Å². The highest BCUT2D eigenvalue weighted by molar-refractivity contribution is 5.51. The number of anilines is 1. The molecule has 0 N–H and O–H groups in total. The highest BCUT2D eigenvalue weighted by Crippen LogP contribution is 2.28. The molecule has 0 aliphatic carbocycles. The van der Waals surface area contributed by atoms with Gasteiger partial charge < -0.3 is 9.64 Å². The lowest BCUT2D eigenvalue weighted by Crippen LogP contribution is -2.48. The lowest BCUT2D eigenvalue weighted by molar-refractivity contribution is -0.384. The van der Waals surface area contributed by atoms with E-state index in [4.69, 9.17) is 4.74 Å². The number of piperidine rings is 1. The van der Waals surface area contributed by atoms with Crippen LogP contribution in [0, 0.1) is 16.0 Å². The quantitative estimate of drug-likeness (QED) is 0.630. The summed E-state index contributed by atoms with van der Waals surface area (Å²) in [7, 11) is 0. The molecule has 2 saturated heterocycles. The van der Waals surface area contributed by atoms with Crippen molar-refractivity contribution in [2.45, 2.75) is 25.8 Å². The van der Waals surface area contributed by atoms with E-state index in [2.05, 4.69) is 16.7 Å². The molecule has 2 aliphatic heterocycles. The summed E-state index contributed by atoms with van der Waals surface area (Å²) in [6, 6.07) is 7.53. The Balaban J connectivity index is 1.54. The molecule has 126 valence electrons. The van der Waals surface area contributed by atoms with Gasteiger partial charge in [-0.1, -0.05) is 0 Å². The Labute approximate surface area is 137 Å². The summed E-state index contributed by atoms with van der Waals surface area (Å²) in [6.45, 7) is 8.19. The molecule has 0 spiro atoms. The van der Waals surface area contributed by atoms with Gasteiger partial charge in [0.05, 0.1) is 18.1 Å². The highest BCUT2D eigenvalue weighted by atomic mass is 16.6. The van der Waals surface area contributed by atoms with Crippen LogP contribution in [0.5, 0.6) is 0 Å². The molecule has 6 heteroatoms. The summed E-state index contributed by atoms with van der Waals surface area (Å²) in [5.41, 5.74) is 1.25. The Bertz CT molecular complexity index is 520. The lowest BCUT2D eigenvalue weighted by atomic mass is 9.89. The summed E-state index contributed by atoms with van der Waals surface area (Å²) in [5, 5.41) is 10.7. The molecule has 0 radical (unpaired) electrons. The van der Waals surface area contributed by atoms with Crippen molar-refractivity contribution in [2.24, 2.45) is 5.92 Å². The fourth-order valence-electron chi connectivity index (χ4n) is 3.71. The van der Waals surface area contributed by atoms with Crippen LogP contribution in [0.25, 0.3) is 0 Å². The van der Waals surface area contributed by atoms with Crippen molar-refractivity contribution >= 4 is 11.4 Å². The second-order valence-corrected chi connectivity index (χ2v) is 6.49. The topological polar surface area (TPSA) is 58.8 Å². The lowest BCUT2D eigenvalue weighted by Gasteiger charge is -2.41. The number of morpholine rings is 1. The first kappa shape index (κ1) is 16.2. The predicted octanol–water partition coefficient (Wildman–Crippen LogP) is 2.53. The largest absolute Gasteiger partial charge is 0.379 e. The molecule has 0 bridgehead atoms. The zero-order valence-electron chi connectivity index (χ0n) is 13.7. The molecule has 1 aromatic carbocycles. The fourth-order valence-corrected chi connectivity index (χ4v) is 3.71. The number of nitrogens with zero attached hydrogens (tertiary/aromatic N) is 3. The molecule has 3 rings (SSSR count). The molecule has 0 aromatic heterocycles. The normalized spacial score (nSPS) is 22.0. The van der Waals surface area contributed by atoms with Crippen molar-refractivity contribution in [3.05, 3.63) is 34.4 Å². The van der Waals surface area contributed by atoms with Crippen LogP contribution < -0.4 is 4.90 Å². The van der Waals surface area contributed by atoms with E-state index in [0.29, 0.717) is 6.04 Å². The second kappa shape index (κ2) is 7.27. The summed E-state index contributed by atoms with van der Waals surface area (Å²) in [4.78, 5) is 15.3. The van der Waals surface area contributed by atoms with Crippen LogP contribution in [-0.2, 0) is 4.74 Å². The average molecular weight is 319 g/mol. The van der Waals surface area contributed by atoms with Crippen molar-refractivity contribution < 1.29 is 9.66 Å². The van der Waals surface area contributed by atoms with Gasteiger partial charge in [-0.25, -0.2) is 0 Å². The standard InChI is InChI=1S/C17H25N3O3/c1-14(18-10-12-23-13-11-18)15-6-8-19(9-7-15)16-2-4-17(5-3-16)20(21)22/h2-5,14-15H,6-13H2,1H3. The van der Waals surface area contributed by atoms with Crippen molar-refractivity contribution in [3.8, 4) is 0 Å².